The number of benzene rings is 1. The highest BCUT2D eigenvalue weighted by atomic mass is 79.9. The lowest BCUT2D eigenvalue weighted by molar-refractivity contribution is 0.0596. The van der Waals surface area contributed by atoms with Crippen LogP contribution in [0.15, 0.2) is 22.7 Å². The number of carbonyl (C=O) groups excluding carboxylic acids is 1. The molecule has 0 amide bonds. The second kappa shape index (κ2) is 6.17. The molecule has 0 saturated carbocycles. The molecule has 0 radical (unpaired) electrons. The van der Waals surface area contributed by atoms with Crippen molar-refractivity contribution in [3.63, 3.8) is 0 Å². The van der Waals surface area contributed by atoms with E-state index in [1.54, 1.807) is 11.7 Å². The molecule has 2 aromatic rings. The molecular weight excluding hydrogens is 338 g/mol. The van der Waals surface area contributed by atoms with Crippen LogP contribution in [0.5, 0.6) is 5.75 Å². The molecule has 6 nitrogen and oxygen atoms in total. The predicted molar refractivity (Wildman–Crippen MR) is 82.9 cm³/mol. The van der Waals surface area contributed by atoms with Crippen LogP contribution in [0.1, 0.15) is 23.2 Å². The summed E-state index contributed by atoms with van der Waals surface area (Å²) in [4.78, 5) is 16.0. The number of nitrogen functional groups attached to an aromatic ring is 1. The van der Waals surface area contributed by atoms with Gasteiger partial charge in [0.05, 0.1) is 19.9 Å². The van der Waals surface area contributed by atoms with Gasteiger partial charge in [0.15, 0.2) is 5.69 Å². The van der Waals surface area contributed by atoms with Gasteiger partial charge in [-0.05, 0) is 28.1 Å². The standard InChI is InChI=1S/C14H16BrN3O3/c1-4-11-17-12(14(19)21-3)13(16)18(11)10-7-8(20-2)5-6-9(10)15/h5-7H,4,16H2,1-3H3. The third-order valence-electron chi connectivity index (χ3n) is 3.07. The van der Waals surface area contributed by atoms with Crippen molar-refractivity contribution in [2.75, 3.05) is 20.0 Å². The van der Waals surface area contributed by atoms with Crippen LogP contribution in [0.25, 0.3) is 5.69 Å². The topological polar surface area (TPSA) is 79.4 Å². The molecule has 0 atom stereocenters. The normalized spacial score (nSPS) is 10.5. The van der Waals surface area contributed by atoms with E-state index < -0.39 is 5.97 Å². The van der Waals surface area contributed by atoms with Crippen molar-refractivity contribution in [2.45, 2.75) is 13.3 Å². The SMILES string of the molecule is CCc1nc(C(=O)OC)c(N)n1-c1cc(OC)ccc1Br. The van der Waals surface area contributed by atoms with Gasteiger partial charge in [0.1, 0.15) is 17.4 Å². The Hall–Kier alpha value is -2.02. The molecule has 1 aromatic heterocycles. The summed E-state index contributed by atoms with van der Waals surface area (Å²) in [7, 11) is 2.89. The molecule has 0 aliphatic heterocycles. The molecule has 0 spiro atoms. The number of hydrogen-bond acceptors (Lipinski definition) is 5. The number of imidazole rings is 1. The summed E-state index contributed by atoms with van der Waals surface area (Å²) in [6.45, 7) is 1.94. The predicted octanol–water partition coefficient (Wildman–Crippen LogP) is 2.57. The molecule has 21 heavy (non-hydrogen) atoms. The van der Waals surface area contributed by atoms with Crippen LogP contribution in [0.2, 0.25) is 0 Å². The number of anilines is 1. The van der Waals surface area contributed by atoms with Gasteiger partial charge in [-0.2, -0.15) is 0 Å². The van der Waals surface area contributed by atoms with E-state index in [2.05, 4.69) is 20.9 Å². The third kappa shape index (κ3) is 2.73. The zero-order valence-electron chi connectivity index (χ0n) is 12.0. The van der Waals surface area contributed by atoms with Gasteiger partial charge in [-0.1, -0.05) is 6.92 Å². The average molecular weight is 354 g/mol. The fourth-order valence-electron chi connectivity index (χ4n) is 2.02. The Morgan fingerprint density at radius 2 is 2.14 bits per heavy atom. The van der Waals surface area contributed by atoms with Gasteiger partial charge in [-0.25, -0.2) is 9.78 Å². The molecule has 1 heterocycles. The van der Waals surface area contributed by atoms with E-state index >= 15 is 0 Å². The number of carbonyl (C=O) groups is 1. The van der Waals surface area contributed by atoms with Crippen LogP contribution in [-0.2, 0) is 11.2 Å². The zero-order valence-corrected chi connectivity index (χ0v) is 13.6. The number of rotatable bonds is 4. The Kier molecular flexibility index (Phi) is 4.52. The second-order valence-corrected chi connectivity index (χ2v) is 5.11. The molecule has 0 unspecified atom stereocenters. The highest BCUT2D eigenvalue weighted by Crippen LogP contribution is 2.30. The van der Waals surface area contributed by atoms with E-state index in [1.165, 1.54) is 7.11 Å². The molecule has 2 N–H and O–H groups in total. The van der Waals surface area contributed by atoms with E-state index in [4.69, 9.17) is 15.2 Å². The molecule has 2 rings (SSSR count). The van der Waals surface area contributed by atoms with Crippen molar-refractivity contribution < 1.29 is 14.3 Å². The van der Waals surface area contributed by atoms with Crippen molar-refractivity contribution >= 4 is 27.7 Å². The number of hydrogen-bond donors (Lipinski definition) is 1. The van der Waals surface area contributed by atoms with Crippen molar-refractivity contribution in [1.82, 2.24) is 9.55 Å². The van der Waals surface area contributed by atoms with Gasteiger partial charge in [0, 0.05) is 17.0 Å². The summed E-state index contributed by atoms with van der Waals surface area (Å²) in [5, 5.41) is 0. The van der Waals surface area contributed by atoms with Crippen LogP contribution < -0.4 is 10.5 Å². The van der Waals surface area contributed by atoms with Crippen LogP contribution in [0, 0.1) is 0 Å². The summed E-state index contributed by atoms with van der Waals surface area (Å²) >= 11 is 3.48. The number of aryl methyl sites for hydroxylation is 1. The molecule has 0 bridgehead atoms. The van der Waals surface area contributed by atoms with Crippen molar-refractivity contribution in [2.24, 2.45) is 0 Å². The van der Waals surface area contributed by atoms with Gasteiger partial charge in [-0.15, -0.1) is 0 Å². The minimum atomic E-state index is -0.556. The van der Waals surface area contributed by atoms with Crippen LogP contribution in [-0.4, -0.2) is 29.7 Å². The number of nitrogens with zero attached hydrogens (tertiary/aromatic N) is 2. The highest BCUT2D eigenvalue weighted by Gasteiger charge is 2.22. The van der Waals surface area contributed by atoms with E-state index in [0.717, 1.165) is 10.2 Å². The van der Waals surface area contributed by atoms with E-state index in [1.807, 2.05) is 25.1 Å². The minimum Gasteiger partial charge on any atom is -0.497 e. The highest BCUT2D eigenvalue weighted by molar-refractivity contribution is 9.10. The van der Waals surface area contributed by atoms with Crippen molar-refractivity contribution in [3.8, 4) is 11.4 Å². The number of methoxy groups -OCH3 is 2. The number of halogens is 1. The lowest BCUT2D eigenvalue weighted by atomic mass is 10.3. The first-order chi connectivity index (χ1) is 10.0. The first kappa shape index (κ1) is 15.4. The molecule has 0 saturated heterocycles. The van der Waals surface area contributed by atoms with Crippen LogP contribution in [0.3, 0.4) is 0 Å². The molecule has 112 valence electrons. The maximum absolute atomic E-state index is 11.7. The Bertz CT molecular complexity index is 682. The van der Waals surface area contributed by atoms with Gasteiger partial charge >= 0.3 is 5.97 Å². The molecule has 0 fully saturated rings. The van der Waals surface area contributed by atoms with Crippen molar-refractivity contribution in [1.29, 1.82) is 0 Å². The number of esters is 1. The molecule has 0 aliphatic carbocycles. The largest absolute Gasteiger partial charge is 0.497 e. The number of ether oxygens (including phenoxy) is 2. The number of aromatic nitrogens is 2. The molecule has 0 aliphatic rings. The maximum atomic E-state index is 11.7. The first-order valence-electron chi connectivity index (χ1n) is 6.32. The summed E-state index contributed by atoms with van der Waals surface area (Å²) in [6.07, 6.45) is 0.616. The Balaban J connectivity index is 2.68. The van der Waals surface area contributed by atoms with E-state index in [0.29, 0.717) is 18.0 Å². The fraction of sp³-hybridized carbons (Fsp3) is 0.286. The minimum absolute atomic E-state index is 0.115. The Morgan fingerprint density at radius 3 is 2.71 bits per heavy atom. The Morgan fingerprint density at radius 1 is 1.43 bits per heavy atom. The summed E-state index contributed by atoms with van der Waals surface area (Å²) in [6, 6.07) is 5.50. The smallest absolute Gasteiger partial charge is 0.360 e. The number of nitrogens with two attached hydrogens (primary N) is 1. The third-order valence-corrected chi connectivity index (χ3v) is 3.74. The first-order valence-corrected chi connectivity index (χ1v) is 7.12. The van der Waals surface area contributed by atoms with Gasteiger partial charge in [-0.3, -0.25) is 4.57 Å². The maximum Gasteiger partial charge on any atom is 0.360 e. The lowest BCUT2D eigenvalue weighted by Crippen LogP contribution is -2.08. The molecule has 1 aromatic carbocycles. The van der Waals surface area contributed by atoms with Gasteiger partial charge < -0.3 is 15.2 Å². The quantitative estimate of drug-likeness (QED) is 0.854. The van der Waals surface area contributed by atoms with Gasteiger partial charge in [0.25, 0.3) is 0 Å². The van der Waals surface area contributed by atoms with Crippen LogP contribution in [0.4, 0.5) is 5.82 Å². The van der Waals surface area contributed by atoms with E-state index in [-0.39, 0.29) is 11.5 Å². The average Bonchev–Trinajstić information content (AvgIpc) is 2.83. The monoisotopic (exact) mass is 353 g/mol. The van der Waals surface area contributed by atoms with Crippen molar-refractivity contribution in [3.05, 3.63) is 34.2 Å². The van der Waals surface area contributed by atoms with Gasteiger partial charge in [0.2, 0.25) is 0 Å². The van der Waals surface area contributed by atoms with E-state index in [9.17, 15) is 4.79 Å². The molecule has 7 heteroatoms. The Labute approximate surface area is 131 Å². The summed E-state index contributed by atoms with van der Waals surface area (Å²) < 4.78 is 12.5. The van der Waals surface area contributed by atoms with Crippen LogP contribution >= 0.6 is 15.9 Å². The lowest BCUT2D eigenvalue weighted by Gasteiger charge is -2.12. The fourth-order valence-corrected chi connectivity index (χ4v) is 2.45. The zero-order chi connectivity index (χ0) is 15.6. The summed E-state index contributed by atoms with van der Waals surface area (Å²) in [5.41, 5.74) is 6.96. The summed E-state index contributed by atoms with van der Waals surface area (Å²) in [5.74, 6) is 1.04. The second-order valence-electron chi connectivity index (χ2n) is 4.26. The molecular formula is C14H16BrN3O3.